The Balaban J connectivity index is 1.15. The molecule has 202 valence electrons. The molecule has 0 heterocycles. The lowest BCUT2D eigenvalue weighted by atomic mass is 9.46. The number of benzene rings is 1. The van der Waals surface area contributed by atoms with Gasteiger partial charge in [-0.2, -0.15) is 0 Å². The number of halogens is 2. The maximum absolute atomic E-state index is 11.6. The number of alkyl halides is 1. The summed E-state index contributed by atoms with van der Waals surface area (Å²) in [7, 11) is 0. The lowest BCUT2D eigenvalue weighted by Gasteiger charge is -2.58. The van der Waals surface area contributed by atoms with Crippen LogP contribution in [0.4, 0.5) is 5.69 Å². The fraction of sp³-hybridized carbons (Fsp3) is 0.531. The summed E-state index contributed by atoms with van der Waals surface area (Å²) in [5, 5.41) is 25.6. The zero-order valence-electron chi connectivity index (χ0n) is 22.0. The van der Waals surface area contributed by atoms with E-state index >= 15 is 0 Å². The van der Waals surface area contributed by atoms with Crippen LogP contribution in [0.1, 0.15) is 51.0 Å². The highest BCUT2D eigenvalue weighted by molar-refractivity contribution is 9.12. The van der Waals surface area contributed by atoms with Gasteiger partial charge in [0.1, 0.15) is 0 Å². The van der Waals surface area contributed by atoms with E-state index in [0.717, 1.165) is 39.1 Å². The van der Waals surface area contributed by atoms with Crippen LogP contribution in [-0.4, -0.2) is 40.0 Å². The van der Waals surface area contributed by atoms with Crippen molar-refractivity contribution < 1.29 is 10.2 Å². The first-order valence-electron chi connectivity index (χ1n) is 14.1. The van der Waals surface area contributed by atoms with E-state index in [-0.39, 0.29) is 16.2 Å². The molecule has 38 heavy (non-hydrogen) atoms. The molecule has 4 nitrogen and oxygen atoms in total. The van der Waals surface area contributed by atoms with Crippen LogP contribution in [0.3, 0.4) is 0 Å². The van der Waals surface area contributed by atoms with Gasteiger partial charge in [0.15, 0.2) is 0 Å². The number of hydrogen-bond donors (Lipinski definition) is 3. The number of allylic oxidation sites excluding steroid dienone is 4. The Labute approximate surface area is 243 Å². The van der Waals surface area contributed by atoms with Crippen molar-refractivity contribution in [1.29, 1.82) is 0 Å². The van der Waals surface area contributed by atoms with Crippen LogP contribution in [0.2, 0.25) is 0 Å². The topological polar surface area (TPSA) is 64.9 Å². The van der Waals surface area contributed by atoms with Gasteiger partial charge in [0.05, 0.1) is 22.7 Å². The summed E-state index contributed by atoms with van der Waals surface area (Å²) < 4.78 is 0.975. The van der Waals surface area contributed by atoms with Gasteiger partial charge in [-0.05, 0) is 97.5 Å². The molecule has 1 aromatic carbocycles. The van der Waals surface area contributed by atoms with Crippen LogP contribution in [0.5, 0.6) is 0 Å². The lowest BCUT2D eigenvalue weighted by Crippen LogP contribution is -2.49. The van der Waals surface area contributed by atoms with E-state index in [4.69, 9.17) is 4.99 Å². The van der Waals surface area contributed by atoms with E-state index in [1.807, 2.05) is 36.6 Å². The Hall–Kier alpha value is -1.31. The monoisotopic (exact) mass is 640 g/mol. The van der Waals surface area contributed by atoms with Gasteiger partial charge in [-0.3, -0.25) is 4.99 Å². The molecule has 0 radical (unpaired) electrons. The van der Waals surface area contributed by atoms with Crippen molar-refractivity contribution in [1.82, 2.24) is 5.32 Å². The average molecular weight is 642 g/mol. The Morgan fingerprint density at radius 2 is 1.66 bits per heavy atom. The summed E-state index contributed by atoms with van der Waals surface area (Å²) in [4.78, 5) is 4.82. The SMILES string of the molecule is CC1=CC(/C=N/c2ccccc2CNCC2=CC(Br)=CC(Br)C2O)C(O)C(C23CC4CC(CC(C4)C2)C3)=C1. The van der Waals surface area contributed by atoms with E-state index < -0.39 is 12.2 Å². The second-order valence-corrected chi connectivity index (χ2v) is 14.4. The number of rotatable bonds is 7. The molecule has 4 fully saturated rings. The molecular formula is C32H38Br2N2O2. The molecule has 6 aliphatic carbocycles. The first kappa shape index (κ1) is 26.9. The summed E-state index contributed by atoms with van der Waals surface area (Å²) in [6, 6.07) is 8.18. The molecule has 4 bridgehead atoms. The Morgan fingerprint density at radius 1 is 0.974 bits per heavy atom. The number of nitrogens with one attached hydrogen (secondary N) is 1. The van der Waals surface area contributed by atoms with Crippen molar-refractivity contribution >= 4 is 43.8 Å². The van der Waals surface area contributed by atoms with Gasteiger partial charge in [-0.15, -0.1) is 0 Å². The standard InChI is InChI=1S/C32H38Br2N2O2/c1-19-6-24(30(37)27(7-19)32-13-20-8-21(14-32)10-22(9-20)15-32)18-36-29-5-3-2-4-23(29)16-35-17-25-11-26(33)12-28(34)31(25)38/h2-7,11-12,18,20-22,24,28,30-31,35,37-38H,8-10,13-17H2,1H3/b36-18+. The summed E-state index contributed by atoms with van der Waals surface area (Å²) >= 11 is 7.05. The molecule has 0 amide bonds. The maximum Gasteiger partial charge on any atom is 0.0926 e. The van der Waals surface area contributed by atoms with E-state index in [2.05, 4.69) is 62.3 Å². The number of aliphatic hydroxyl groups is 2. The van der Waals surface area contributed by atoms with Crippen LogP contribution >= 0.6 is 31.9 Å². The number of aliphatic imine (C=N–C) groups is 1. The molecule has 6 aliphatic rings. The molecule has 0 saturated heterocycles. The third-order valence-electron chi connectivity index (χ3n) is 9.52. The Kier molecular flexibility index (Phi) is 7.73. The van der Waals surface area contributed by atoms with Gasteiger partial charge in [0.25, 0.3) is 0 Å². The molecule has 1 aromatic rings. The van der Waals surface area contributed by atoms with Crippen molar-refractivity contribution in [2.45, 2.75) is 69.0 Å². The van der Waals surface area contributed by atoms with Crippen LogP contribution in [0, 0.1) is 29.1 Å². The molecule has 0 aliphatic heterocycles. The van der Waals surface area contributed by atoms with Crippen molar-refractivity contribution in [3.05, 3.63) is 75.3 Å². The molecule has 0 spiro atoms. The Bertz CT molecular complexity index is 1190. The first-order chi connectivity index (χ1) is 18.3. The van der Waals surface area contributed by atoms with Crippen molar-refractivity contribution in [2.24, 2.45) is 34.1 Å². The van der Waals surface area contributed by atoms with Gasteiger partial charge in [0.2, 0.25) is 0 Å². The summed E-state index contributed by atoms with van der Waals surface area (Å²) in [6.45, 7) is 3.41. The van der Waals surface area contributed by atoms with Crippen molar-refractivity contribution in [3.8, 4) is 0 Å². The van der Waals surface area contributed by atoms with Crippen LogP contribution < -0.4 is 5.32 Å². The maximum atomic E-state index is 11.6. The van der Waals surface area contributed by atoms with E-state index in [9.17, 15) is 10.2 Å². The van der Waals surface area contributed by atoms with Gasteiger partial charge in [0, 0.05) is 29.7 Å². The number of para-hydroxylation sites is 1. The van der Waals surface area contributed by atoms with E-state index in [0.29, 0.717) is 13.1 Å². The Morgan fingerprint density at radius 3 is 2.37 bits per heavy atom. The van der Waals surface area contributed by atoms with Crippen molar-refractivity contribution in [3.63, 3.8) is 0 Å². The lowest BCUT2D eigenvalue weighted by molar-refractivity contribution is -0.0426. The zero-order valence-corrected chi connectivity index (χ0v) is 25.2. The van der Waals surface area contributed by atoms with Crippen LogP contribution in [-0.2, 0) is 6.54 Å². The minimum atomic E-state index is -0.545. The van der Waals surface area contributed by atoms with Crippen molar-refractivity contribution in [2.75, 3.05) is 6.54 Å². The molecule has 0 aromatic heterocycles. The molecule has 4 saturated carbocycles. The number of aliphatic hydroxyl groups excluding tert-OH is 2. The van der Waals surface area contributed by atoms with E-state index in [1.165, 1.54) is 49.7 Å². The smallest absolute Gasteiger partial charge is 0.0926 e. The highest BCUT2D eigenvalue weighted by Crippen LogP contribution is 2.63. The zero-order chi connectivity index (χ0) is 26.4. The van der Waals surface area contributed by atoms with Crippen LogP contribution in [0.15, 0.2) is 74.8 Å². The third kappa shape index (κ3) is 5.36. The third-order valence-corrected chi connectivity index (χ3v) is 10.8. The minimum absolute atomic E-state index is 0.0913. The molecular weight excluding hydrogens is 604 g/mol. The summed E-state index contributed by atoms with van der Waals surface area (Å²) in [6.07, 6.45) is 17.4. The molecule has 7 rings (SSSR count). The fourth-order valence-corrected chi connectivity index (χ4v) is 9.80. The normalized spacial score (nSPS) is 38.2. The molecule has 4 atom stereocenters. The summed E-state index contributed by atoms with van der Waals surface area (Å²) in [5.41, 5.74) is 5.69. The van der Waals surface area contributed by atoms with Gasteiger partial charge in [-0.1, -0.05) is 73.9 Å². The van der Waals surface area contributed by atoms with Crippen LogP contribution in [0.25, 0.3) is 0 Å². The molecule has 6 heteroatoms. The minimum Gasteiger partial charge on any atom is -0.388 e. The van der Waals surface area contributed by atoms with E-state index in [1.54, 1.807) is 0 Å². The first-order valence-corrected chi connectivity index (χ1v) is 15.8. The number of nitrogens with zero attached hydrogens (tertiary/aromatic N) is 1. The highest BCUT2D eigenvalue weighted by atomic mass is 79.9. The molecule has 3 N–H and O–H groups in total. The quantitative estimate of drug-likeness (QED) is 0.224. The van der Waals surface area contributed by atoms with Gasteiger partial charge in [-0.25, -0.2) is 0 Å². The highest BCUT2D eigenvalue weighted by Gasteiger charge is 2.54. The fourth-order valence-electron chi connectivity index (χ4n) is 8.24. The molecule has 4 unspecified atom stereocenters. The van der Waals surface area contributed by atoms with Gasteiger partial charge >= 0.3 is 0 Å². The summed E-state index contributed by atoms with van der Waals surface area (Å²) in [5.74, 6) is 2.46. The van der Waals surface area contributed by atoms with Gasteiger partial charge < -0.3 is 15.5 Å². The largest absolute Gasteiger partial charge is 0.388 e. The average Bonchev–Trinajstić information content (AvgIpc) is 2.87. The predicted octanol–water partition coefficient (Wildman–Crippen LogP) is 6.90. The predicted molar refractivity (Wildman–Crippen MR) is 162 cm³/mol. The second-order valence-electron chi connectivity index (χ2n) is 12.4. The number of hydrogen-bond acceptors (Lipinski definition) is 4. The second kappa shape index (κ2) is 10.9.